The van der Waals surface area contributed by atoms with Gasteiger partial charge in [-0.1, -0.05) is 0 Å². The molecule has 0 amide bonds. The molecule has 0 saturated heterocycles. The van der Waals surface area contributed by atoms with Crippen LogP contribution in [0, 0.1) is 0 Å². The van der Waals surface area contributed by atoms with Gasteiger partial charge in [0.05, 0.1) is 12.1 Å². The lowest BCUT2D eigenvalue weighted by Crippen LogP contribution is -2.20. The standard InChI is InChI=1S/C10H14N4O3S/c1-10(2)4-7(13-17-10)18-5-6-8(9(15)16-3)12-14-11-6/h4,13H,5H2,1-3H3,(H,11,12,14). The van der Waals surface area contributed by atoms with Gasteiger partial charge in [-0.25, -0.2) is 4.79 Å². The highest BCUT2D eigenvalue weighted by atomic mass is 32.2. The zero-order valence-electron chi connectivity index (χ0n) is 10.3. The molecule has 0 aliphatic carbocycles. The predicted octanol–water partition coefficient (Wildman–Crippen LogP) is 0.979. The molecule has 1 aromatic rings. The smallest absolute Gasteiger partial charge is 0.360 e. The molecule has 2 heterocycles. The molecule has 7 nitrogen and oxygen atoms in total. The van der Waals surface area contributed by atoms with Gasteiger partial charge in [0, 0.05) is 5.75 Å². The van der Waals surface area contributed by atoms with Crippen molar-refractivity contribution < 1.29 is 14.4 Å². The van der Waals surface area contributed by atoms with Crippen molar-refractivity contribution >= 4 is 17.7 Å². The molecule has 0 radical (unpaired) electrons. The number of nitrogens with zero attached hydrogens (tertiary/aromatic N) is 2. The summed E-state index contributed by atoms with van der Waals surface area (Å²) in [6.45, 7) is 3.90. The van der Waals surface area contributed by atoms with Gasteiger partial charge in [0.2, 0.25) is 0 Å². The van der Waals surface area contributed by atoms with Crippen LogP contribution in [0.15, 0.2) is 11.1 Å². The first-order valence-corrected chi connectivity index (χ1v) is 6.28. The SMILES string of the molecule is COC(=O)c1n[nH]nc1CSC1=CC(C)(C)ON1. The molecule has 0 bridgehead atoms. The van der Waals surface area contributed by atoms with E-state index in [4.69, 9.17) is 4.84 Å². The summed E-state index contributed by atoms with van der Waals surface area (Å²) in [5, 5.41) is 11.0. The fourth-order valence-corrected chi connectivity index (χ4v) is 2.35. The first-order valence-electron chi connectivity index (χ1n) is 5.29. The zero-order chi connectivity index (χ0) is 13.2. The molecule has 0 saturated carbocycles. The van der Waals surface area contributed by atoms with Gasteiger partial charge in [-0.3, -0.25) is 10.3 Å². The van der Waals surface area contributed by atoms with E-state index in [-0.39, 0.29) is 11.3 Å². The highest BCUT2D eigenvalue weighted by molar-refractivity contribution is 8.02. The zero-order valence-corrected chi connectivity index (χ0v) is 11.1. The minimum absolute atomic E-state index is 0.212. The molecule has 1 aliphatic rings. The fourth-order valence-electron chi connectivity index (χ4n) is 1.39. The fraction of sp³-hybridized carbons (Fsp3) is 0.500. The number of carbonyl (C=O) groups excluding carboxylic acids is 1. The van der Waals surface area contributed by atoms with Crippen molar-refractivity contribution in [2.24, 2.45) is 0 Å². The lowest BCUT2D eigenvalue weighted by molar-refractivity contribution is -0.0126. The summed E-state index contributed by atoms with van der Waals surface area (Å²) in [5.74, 6) is 0.00319. The van der Waals surface area contributed by atoms with Gasteiger partial charge in [0.15, 0.2) is 5.69 Å². The van der Waals surface area contributed by atoms with E-state index in [1.54, 1.807) is 0 Å². The molecular weight excluding hydrogens is 256 g/mol. The molecule has 1 aliphatic heterocycles. The Morgan fingerprint density at radius 2 is 2.33 bits per heavy atom. The number of ether oxygens (including phenoxy) is 1. The normalized spacial score (nSPS) is 17.2. The van der Waals surface area contributed by atoms with E-state index in [0.29, 0.717) is 11.4 Å². The van der Waals surface area contributed by atoms with Crippen molar-refractivity contribution in [1.29, 1.82) is 0 Å². The molecule has 0 aromatic carbocycles. The Morgan fingerprint density at radius 3 is 2.94 bits per heavy atom. The Balaban J connectivity index is 1.99. The molecule has 0 atom stereocenters. The van der Waals surface area contributed by atoms with Crippen LogP contribution in [0.5, 0.6) is 0 Å². The summed E-state index contributed by atoms with van der Waals surface area (Å²) in [6, 6.07) is 0. The Hall–Kier alpha value is -1.54. The van der Waals surface area contributed by atoms with Gasteiger partial charge in [0.1, 0.15) is 11.3 Å². The maximum absolute atomic E-state index is 11.4. The highest BCUT2D eigenvalue weighted by Crippen LogP contribution is 2.28. The first-order chi connectivity index (χ1) is 8.52. The van der Waals surface area contributed by atoms with Gasteiger partial charge in [0.25, 0.3) is 0 Å². The quantitative estimate of drug-likeness (QED) is 0.788. The van der Waals surface area contributed by atoms with Crippen LogP contribution in [0.3, 0.4) is 0 Å². The lowest BCUT2D eigenvalue weighted by Gasteiger charge is -2.11. The van der Waals surface area contributed by atoms with Crippen molar-refractivity contribution in [2.45, 2.75) is 25.2 Å². The van der Waals surface area contributed by atoms with Crippen molar-refractivity contribution in [1.82, 2.24) is 20.9 Å². The summed E-state index contributed by atoms with van der Waals surface area (Å²) >= 11 is 1.48. The molecular formula is C10H14N4O3S. The van der Waals surface area contributed by atoms with E-state index in [2.05, 4.69) is 25.6 Å². The van der Waals surface area contributed by atoms with Crippen LogP contribution in [-0.4, -0.2) is 34.1 Å². The number of nitrogens with one attached hydrogen (secondary N) is 2. The molecule has 2 N–H and O–H groups in total. The molecule has 0 unspecified atom stereocenters. The number of esters is 1. The molecule has 0 fully saturated rings. The molecule has 0 spiro atoms. The van der Waals surface area contributed by atoms with Gasteiger partial charge >= 0.3 is 5.97 Å². The topological polar surface area (TPSA) is 89.1 Å². The number of rotatable bonds is 4. The molecule has 18 heavy (non-hydrogen) atoms. The van der Waals surface area contributed by atoms with Crippen LogP contribution in [-0.2, 0) is 15.3 Å². The summed E-state index contributed by atoms with van der Waals surface area (Å²) in [6.07, 6.45) is 1.97. The minimum Gasteiger partial charge on any atom is -0.464 e. The Bertz CT molecular complexity index is 483. The largest absolute Gasteiger partial charge is 0.464 e. The monoisotopic (exact) mass is 270 g/mol. The van der Waals surface area contributed by atoms with Crippen molar-refractivity contribution in [3.05, 3.63) is 22.5 Å². The Kier molecular flexibility index (Phi) is 3.58. The lowest BCUT2D eigenvalue weighted by atomic mass is 10.1. The van der Waals surface area contributed by atoms with Crippen LogP contribution in [0.1, 0.15) is 30.0 Å². The third kappa shape index (κ3) is 2.82. The van der Waals surface area contributed by atoms with E-state index in [0.717, 1.165) is 5.03 Å². The number of aromatic nitrogens is 3. The summed E-state index contributed by atoms with van der Waals surface area (Å²) < 4.78 is 4.61. The van der Waals surface area contributed by atoms with Crippen LogP contribution >= 0.6 is 11.8 Å². The summed E-state index contributed by atoms with van der Waals surface area (Å²) in [4.78, 5) is 16.7. The predicted molar refractivity (Wildman–Crippen MR) is 65.4 cm³/mol. The number of carbonyl (C=O) groups is 1. The van der Waals surface area contributed by atoms with Crippen LogP contribution in [0.2, 0.25) is 0 Å². The highest BCUT2D eigenvalue weighted by Gasteiger charge is 2.25. The summed E-state index contributed by atoms with van der Waals surface area (Å²) in [7, 11) is 1.31. The van der Waals surface area contributed by atoms with Gasteiger partial charge in [-0.15, -0.1) is 16.9 Å². The average Bonchev–Trinajstić information content (AvgIpc) is 2.91. The van der Waals surface area contributed by atoms with Crippen LogP contribution in [0.25, 0.3) is 0 Å². The molecule has 1 aromatic heterocycles. The number of methoxy groups -OCH3 is 1. The number of aromatic amines is 1. The van der Waals surface area contributed by atoms with Gasteiger partial charge in [-0.05, 0) is 19.9 Å². The minimum atomic E-state index is -0.496. The van der Waals surface area contributed by atoms with E-state index in [1.807, 2.05) is 19.9 Å². The first kappa shape index (κ1) is 12.9. The second-order valence-corrected chi connectivity index (χ2v) is 5.23. The third-order valence-corrected chi connectivity index (χ3v) is 3.19. The second-order valence-electron chi connectivity index (χ2n) is 4.22. The second kappa shape index (κ2) is 4.99. The van der Waals surface area contributed by atoms with E-state index in [1.165, 1.54) is 18.9 Å². The molecule has 98 valence electrons. The van der Waals surface area contributed by atoms with E-state index >= 15 is 0 Å². The Labute approximate surface area is 108 Å². The van der Waals surface area contributed by atoms with Gasteiger partial charge in [-0.2, -0.15) is 10.3 Å². The number of H-pyrrole nitrogens is 1. The van der Waals surface area contributed by atoms with Gasteiger partial charge < -0.3 is 4.74 Å². The molecule has 8 heteroatoms. The maximum atomic E-state index is 11.4. The van der Waals surface area contributed by atoms with Crippen molar-refractivity contribution in [3.8, 4) is 0 Å². The average molecular weight is 270 g/mol. The summed E-state index contributed by atoms with van der Waals surface area (Å²) in [5.41, 5.74) is 3.27. The number of thioether (sulfide) groups is 1. The van der Waals surface area contributed by atoms with Crippen molar-refractivity contribution in [2.75, 3.05) is 7.11 Å². The number of hydrogen-bond donors (Lipinski definition) is 2. The van der Waals surface area contributed by atoms with Crippen LogP contribution < -0.4 is 5.48 Å². The van der Waals surface area contributed by atoms with E-state index < -0.39 is 5.97 Å². The third-order valence-electron chi connectivity index (χ3n) is 2.26. The van der Waals surface area contributed by atoms with Crippen molar-refractivity contribution in [3.63, 3.8) is 0 Å². The van der Waals surface area contributed by atoms with E-state index in [9.17, 15) is 4.79 Å². The number of hydrogen-bond acceptors (Lipinski definition) is 7. The molecule has 2 rings (SSSR count). The van der Waals surface area contributed by atoms with Crippen LogP contribution in [0.4, 0.5) is 0 Å². The maximum Gasteiger partial charge on any atom is 0.360 e. The number of hydroxylamine groups is 1. The Morgan fingerprint density at radius 1 is 1.56 bits per heavy atom.